The Kier molecular flexibility index (Phi) is 13.1. The van der Waals surface area contributed by atoms with Crippen molar-refractivity contribution in [3.8, 4) is 6.07 Å². The van der Waals surface area contributed by atoms with E-state index in [9.17, 15) is 0 Å². The van der Waals surface area contributed by atoms with Crippen molar-refractivity contribution in [1.82, 2.24) is 14.7 Å². The summed E-state index contributed by atoms with van der Waals surface area (Å²) in [4.78, 5) is 2.37. The number of rotatable bonds is 3. The minimum Gasteiger partial charge on any atom is -0.358 e. The van der Waals surface area contributed by atoms with Crippen LogP contribution in [0.4, 0.5) is 0 Å². The Labute approximate surface area is 138 Å². The van der Waals surface area contributed by atoms with Crippen molar-refractivity contribution in [3.05, 3.63) is 25.4 Å². The Morgan fingerprint density at radius 1 is 1.35 bits per heavy atom. The second kappa shape index (κ2) is 12.1. The maximum absolute atomic E-state index is 8.54. The van der Waals surface area contributed by atoms with Crippen molar-refractivity contribution in [3.63, 3.8) is 0 Å². The standard InChI is InChI=1S/C12H18N4.C2H6.CH3.W/c1-11-3-7-14-16(11)12-4-9-15(10-5-12)8-2-6-13;1-2;;/h3,7,12H,2,4-5,8-10H2,1H3;1-2H3;1H3;/q;;-1;. The number of nitriles is 1. The van der Waals surface area contributed by atoms with E-state index in [1.54, 1.807) is 0 Å². The zero-order valence-electron chi connectivity index (χ0n) is 13.2. The topological polar surface area (TPSA) is 44.9 Å². The molecule has 114 valence electrons. The Bertz CT molecular complexity index is 375. The predicted molar refractivity (Wildman–Crippen MR) is 79.7 cm³/mol. The molecular weight excluding hydrogens is 420 g/mol. The van der Waals surface area contributed by atoms with Gasteiger partial charge in [0.1, 0.15) is 0 Å². The second-order valence-corrected chi connectivity index (χ2v) is 4.40. The second-order valence-electron chi connectivity index (χ2n) is 4.40. The summed E-state index contributed by atoms with van der Waals surface area (Å²) >= 11 is 0. The molecule has 1 saturated heterocycles. The van der Waals surface area contributed by atoms with Crippen molar-refractivity contribution in [2.24, 2.45) is 0 Å². The summed E-state index contributed by atoms with van der Waals surface area (Å²) in [6, 6.07) is 4.81. The molecule has 0 spiro atoms. The molecule has 0 atom stereocenters. The zero-order valence-corrected chi connectivity index (χ0v) is 16.1. The predicted octanol–water partition coefficient (Wildman–Crippen LogP) is 3.22. The fourth-order valence-electron chi connectivity index (χ4n) is 2.36. The normalized spacial score (nSPS) is 15.1. The van der Waals surface area contributed by atoms with Gasteiger partial charge in [0, 0.05) is 59.0 Å². The van der Waals surface area contributed by atoms with E-state index in [-0.39, 0.29) is 28.5 Å². The van der Waals surface area contributed by atoms with Crippen LogP contribution < -0.4 is 0 Å². The molecule has 0 N–H and O–H groups in total. The van der Waals surface area contributed by atoms with E-state index in [2.05, 4.69) is 33.7 Å². The van der Waals surface area contributed by atoms with Gasteiger partial charge < -0.3 is 12.3 Å². The van der Waals surface area contributed by atoms with Crippen LogP contribution in [-0.2, 0) is 21.1 Å². The molecule has 1 aliphatic rings. The third kappa shape index (κ3) is 6.20. The SMILES string of the molecule is CC.Cc1ccnn1C1CCN(CCC#N)CC1.[CH3-].[W]. The summed E-state index contributed by atoms with van der Waals surface area (Å²) in [7, 11) is 0. The van der Waals surface area contributed by atoms with Crippen LogP contribution in [-0.4, -0.2) is 34.3 Å². The van der Waals surface area contributed by atoms with Crippen LogP contribution in [0.15, 0.2) is 12.3 Å². The molecule has 0 unspecified atom stereocenters. The van der Waals surface area contributed by atoms with E-state index in [0.29, 0.717) is 12.5 Å². The molecule has 0 bridgehead atoms. The van der Waals surface area contributed by atoms with Gasteiger partial charge in [-0.05, 0) is 25.8 Å². The van der Waals surface area contributed by atoms with E-state index in [1.807, 2.05) is 20.0 Å². The summed E-state index contributed by atoms with van der Waals surface area (Å²) in [6.45, 7) is 9.20. The van der Waals surface area contributed by atoms with E-state index >= 15 is 0 Å². The van der Waals surface area contributed by atoms with Crippen molar-refractivity contribution in [1.29, 1.82) is 5.26 Å². The van der Waals surface area contributed by atoms with Gasteiger partial charge in [-0.15, -0.1) is 0 Å². The van der Waals surface area contributed by atoms with Gasteiger partial charge in [0.15, 0.2) is 0 Å². The fraction of sp³-hybridized carbons (Fsp3) is 0.667. The van der Waals surface area contributed by atoms with E-state index in [4.69, 9.17) is 5.26 Å². The van der Waals surface area contributed by atoms with Crippen LogP contribution in [0.25, 0.3) is 0 Å². The van der Waals surface area contributed by atoms with Crippen molar-refractivity contribution >= 4 is 0 Å². The van der Waals surface area contributed by atoms with Crippen LogP contribution in [0.5, 0.6) is 0 Å². The van der Waals surface area contributed by atoms with Gasteiger partial charge in [0.25, 0.3) is 0 Å². The number of aryl methyl sites for hydroxylation is 1. The average Bonchev–Trinajstić information content (AvgIpc) is 2.86. The van der Waals surface area contributed by atoms with Crippen LogP contribution in [0.2, 0.25) is 0 Å². The minimum absolute atomic E-state index is 0. The third-order valence-corrected chi connectivity index (χ3v) is 3.31. The molecule has 0 aliphatic carbocycles. The monoisotopic (exact) mass is 447 g/mol. The maximum atomic E-state index is 8.54. The number of hydrogen-bond acceptors (Lipinski definition) is 3. The Hall–Kier alpha value is -0.652. The molecule has 2 heterocycles. The number of piperidine rings is 1. The molecule has 0 aromatic carbocycles. The van der Waals surface area contributed by atoms with Crippen LogP contribution in [0.1, 0.15) is 44.8 Å². The Morgan fingerprint density at radius 3 is 2.40 bits per heavy atom. The summed E-state index contributed by atoms with van der Waals surface area (Å²) in [6.07, 6.45) is 4.81. The van der Waals surface area contributed by atoms with Crippen molar-refractivity contribution in [2.75, 3.05) is 19.6 Å². The van der Waals surface area contributed by atoms with Crippen molar-refractivity contribution < 1.29 is 21.1 Å². The molecule has 1 aromatic heterocycles. The molecule has 2 rings (SSSR count). The molecule has 1 fully saturated rings. The fourth-order valence-corrected chi connectivity index (χ4v) is 2.36. The smallest absolute Gasteiger partial charge is 0.0635 e. The molecule has 0 saturated carbocycles. The Morgan fingerprint density at radius 2 is 1.95 bits per heavy atom. The van der Waals surface area contributed by atoms with Gasteiger partial charge >= 0.3 is 0 Å². The van der Waals surface area contributed by atoms with Gasteiger partial charge in [-0.1, -0.05) is 13.8 Å². The number of hydrogen-bond donors (Lipinski definition) is 0. The largest absolute Gasteiger partial charge is 0.358 e. The average molecular weight is 447 g/mol. The minimum atomic E-state index is 0. The first-order valence-corrected chi connectivity index (χ1v) is 6.90. The summed E-state index contributed by atoms with van der Waals surface area (Å²) in [5, 5.41) is 12.9. The number of likely N-dealkylation sites (tertiary alicyclic amines) is 1. The summed E-state index contributed by atoms with van der Waals surface area (Å²) in [5.41, 5.74) is 1.25. The van der Waals surface area contributed by atoms with Gasteiger partial charge in [0.2, 0.25) is 0 Å². The molecule has 4 nitrogen and oxygen atoms in total. The zero-order chi connectivity index (χ0) is 13.4. The molecule has 1 aromatic rings. The van der Waals surface area contributed by atoms with Gasteiger partial charge in [0.05, 0.1) is 12.1 Å². The summed E-state index contributed by atoms with van der Waals surface area (Å²) < 4.78 is 2.14. The molecule has 20 heavy (non-hydrogen) atoms. The van der Waals surface area contributed by atoms with Crippen LogP contribution in [0, 0.1) is 25.7 Å². The number of aromatic nitrogens is 2. The maximum Gasteiger partial charge on any atom is 0.0635 e. The van der Waals surface area contributed by atoms with E-state index in [0.717, 1.165) is 32.5 Å². The Balaban J connectivity index is 0. The molecule has 0 radical (unpaired) electrons. The molecular formula is C15H27N4W-. The molecule has 0 amide bonds. The van der Waals surface area contributed by atoms with E-state index < -0.39 is 0 Å². The van der Waals surface area contributed by atoms with Crippen LogP contribution in [0.3, 0.4) is 0 Å². The quantitative estimate of drug-likeness (QED) is 0.669. The van der Waals surface area contributed by atoms with Gasteiger partial charge in [-0.2, -0.15) is 10.4 Å². The van der Waals surface area contributed by atoms with Gasteiger partial charge in [-0.3, -0.25) is 4.68 Å². The first kappa shape index (κ1) is 21.6. The number of nitrogens with zero attached hydrogens (tertiary/aromatic N) is 4. The summed E-state index contributed by atoms with van der Waals surface area (Å²) in [5.74, 6) is 0. The first-order chi connectivity index (χ1) is 8.81. The molecule has 1 aliphatic heterocycles. The van der Waals surface area contributed by atoms with Crippen LogP contribution >= 0.6 is 0 Å². The molecule has 5 heteroatoms. The van der Waals surface area contributed by atoms with Crippen molar-refractivity contribution in [2.45, 2.75) is 46.1 Å². The third-order valence-electron chi connectivity index (χ3n) is 3.31. The first-order valence-electron chi connectivity index (χ1n) is 6.90. The van der Waals surface area contributed by atoms with E-state index in [1.165, 1.54) is 5.69 Å². The van der Waals surface area contributed by atoms with Gasteiger partial charge in [-0.25, -0.2) is 0 Å².